The van der Waals surface area contributed by atoms with Gasteiger partial charge >= 0.3 is 0 Å². The van der Waals surface area contributed by atoms with Crippen molar-refractivity contribution in [1.29, 1.82) is 0 Å². The number of ketones is 4. The smallest absolute Gasteiger partial charge is 0.244 e. The topological polar surface area (TPSA) is 174 Å². The predicted octanol–water partition coefficient (Wildman–Crippen LogP) is 4.57. The molecule has 2 aliphatic carbocycles. The van der Waals surface area contributed by atoms with Crippen LogP contribution in [0.4, 0.5) is 17.6 Å². The number of oxazole rings is 2. The van der Waals surface area contributed by atoms with E-state index in [-0.39, 0.29) is 72.8 Å². The highest BCUT2D eigenvalue weighted by atomic mass is 19.1. The van der Waals surface area contributed by atoms with Crippen LogP contribution in [0.25, 0.3) is 22.9 Å². The van der Waals surface area contributed by atoms with Crippen molar-refractivity contribution in [2.75, 3.05) is 19.6 Å². The van der Waals surface area contributed by atoms with Gasteiger partial charge in [0.25, 0.3) is 0 Å². The molecule has 4 aromatic rings. The van der Waals surface area contributed by atoms with Gasteiger partial charge in [0.2, 0.25) is 40.8 Å². The fourth-order valence-electron chi connectivity index (χ4n) is 4.93. The highest BCUT2D eigenvalue weighted by Gasteiger charge is 2.37. The molecule has 16 heteroatoms. The Labute approximate surface area is 267 Å². The van der Waals surface area contributed by atoms with Gasteiger partial charge in [0.05, 0.1) is 35.4 Å². The van der Waals surface area contributed by atoms with Crippen LogP contribution in [-0.2, 0) is 4.79 Å². The maximum atomic E-state index is 14.1. The highest BCUT2D eigenvalue weighted by Crippen LogP contribution is 2.30. The summed E-state index contributed by atoms with van der Waals surface area (Å²) in [6, 6.07) is 5.16. The number of benzene rings is 2. The third-order valence-electron chi connectivity index (χ3n) is 7.29. The summed E-state index contributed by atoms with van der Waals surface area (Å²) in [4.78, 5) is 79.0. The number of fused-ring (bicyclic) bond motifs is 2. The van der Waals surface area contributed by atoms with Crippen molar-refractivity contribution < 1.29 is 50.4 Å². The number of aliphatic imine (C=N–C) groups is 2. The second-order valence-corrected chi connectivity index (χ2v) is 10.6. The zero-order chi connectivity index (χ0) is 34.1. The number of aromatic nitrogens is 2. The molecule has 1 N–H and O–H groups in total. The van der Waals surface area contributed by atoms with E-state index in [1.807, 2.05) is 0 Å². The van der Waals surface area contributed by atoms with Crippen molar-refractivity contribution in [3.05, 3.63) is 82.6 Å². The summed E-state index contributed by atoms with van der Waals surface area (Å²) >= 11 is 0. The molecule has 0 bridgehead atoms. The first-order valence-electron chi connectivity index (χ1n) is 14.4. The van der Waals surface area contributed by atoms with Crippen LogP contribution in [0.3, 0.4) is 0 Å². The fourth-order valence-corrected chi connectivity index (χ4v) is 4.93. The molecule has 0 saturated carbocycles. The summed E-state index contributed by atoms with van der Waals surface area (Å²) in [6.07, 6.45) is -0.636. The Morgan fingerprint density at radius 3 is 1.71 bits per heavy atom. The largest absolute Gasteiger partial charge is 0.432 e. The SMILES string of the molecule is O=C(CCN=C1CC(=O)c2nc(-c3cc(F)ccc3F)oc2C1=O)NCCCN=C1CC(=O)c2nc(-c3cc(F)ccc3F)oc2C1=O. The van der Waals surface area contributed by atoms with Crippen molar-refractivity contribution in [2.45, 2.75) is 25.7 Å². The van der Waals surface area contributed by atoms with Crippen LogP contribution in [0.1, 0.15) is 67.8 Å². The molecule has 0 unspecified atom stereocenters. The predicted molar refractivity (Wildman–Crippen MR) is 157 cm³/mol. The van der Waals surface area contributed by atoms with E-state index in [4.69, 9.17) is 8.83 Å². The highest BCUT2D eigenvalue weighted by molar-refractivity contribution is 6.52. The summed E-state index contributed by atoms with van der Waals surface area (Å²) in [5.74, 6) is -8.06. The number of carbonyl (C=O) groups excluding carboxylic acids is 5. The van der Waals surface area contributed by atoms with Crippen molar-refractivity contribution >= 4 is 40.5 Å². The second kappa shape index (κ2) is 13.1. The lowest BCUT2D eigenvalue weighted by molar-refractivity contribution is -0.120. The van der Waals surface area contributed by atoms with E-state index in [9.17, 15) is 41.5 Å². The van der Waals surface area contributed by atoms with Gasteiger partial charge in [-0.1, -0.05) is 0 Å². The summed E-state index contributed by atoms with van der Waals surface area (Å²) in [6.45, 7) is 0.0571. The summed E-state index contributed by atoms with van der Waals surface area (Å²) in [5, 5.41) is 2.62. The van der Waals surface area contributed by atoms with Gasteiger partial charge in [-0.3, -0.25) is 34.0 Å². The van der Waals surface area contributed by atoms with Crippen LogP contribution in [0, 0.1) is 23.3 Å². The third kappa shape index (κ3) is 6.36. The number of nitrogens with zero attached hydrogens (tertiary/aromatic N) is 4. The Bertz CT molecular complexity index is 2100. The Hall–Kier alpha value is -5.93. The molecule has 48 heavy (non-hydrogen) atoms. The second-order valence-electron chi connectivity index (χ2n) is 10.6. The van der Waals surface area contributed by atoms with Crippen LogP contribution >= 0.6 is 0 Å². The van der Waals surface area contributed by atoms with Crippen molar-refractivity contribution in [1.82, 2.24) is 15.3 Å². The molecule has 1 amide bonds. The van der Waals surface area contributed by atoms with E-state index in [2.05, 4.69) is 25.3 Å². The van der Waals surface area contributed by atoms with Gasteiger partial charge in [0.1, 0.15) is 23.3 Å². The maximum Gasteiger partial charge on any atom is 0.244 e. The quantitative estimate of drug-likeness (QED) is 0.199. The number of hydrogen-bond acceptors (Lipinski definition) is 11. The first-order valence-corrected chi connectivity index (χ1v) is 14.4. The number of rotatable bonds is 9. The zero-order valence-corrected chi connectivity index (χ0v) is 24.6. The molecule has 0 fully saturated rings. The third-order valence-corrected chi connectivity index (χ3v) is 7.29. The van der Waals surface area contributed by atoms with Crippen LogP contribution in [0.5, 0.6) is 0 Å². The lowest BCUT2D eigenvalue weighted by Crippen LogP contribution is -2.28. The lowest BCUT2D eigenvalue weighted by Gasteiger charge is -2.10. The molecule has 2 aromatic heterocycles. The van der Waals surface area contributed by atoms with Crippen molar-refractivity contribution in [3.8, 4) is 22.9 Å². The molecule has 0 spiro atoms. The Morgan fingerprint density at radius 1 is 0.729 bits per heavy atom. The summed E-state index contributed by atoms with van der Waals surface area (Å²) in [5.41, 5.74) is -1.59. The molecular formula is C32H21F4N5O7. The molecule has 244 valence electrons. The Morgan fingerprint density at radius 2 is 1.21 bits per heavy atom. The molecule has 0 aliphatic heterocycles. The van der Waals surface area contributed by atoms with Gasteiger partial charge in [0, 0.05) is 26.1 Å². The van der Waals surface area contributed by atoms with E-state index >= 15 is 0 Å². The van der Waals surface area contributed by atoms with Crippen LogP contribution in [0.15, 0.2) is 55.2 Å². The number of carbonyl (C=O) groups is 5. The van der Waals surface area contributed by atoms with E-state index < -0.39 is 82.0 Å². The van der Waals surface area contributed by atoms with Gasteiger partial charge in [-0.15, -0.1) is 0 Å². The van der Waals surface area contributed by atoms with Crippen LogP contribution in [0.2, 0.25) is 0 Å². The number of Topliss-reactive ketones (excluding diaryl/α,β-unsaturated/α-hetero) is 4. The van der Waals surface area contributed by atoms with E-state index in [0.717, 1.165) is 36.4 Å². The molecule has 6 rings (SSSR count). The van der Waals surface area contributed by atoms with Gasteiger partial charge in [-0.05, 0) is 42.8 Å². The van der Waals surface area contributed by atoms with Crippen LogP contribution < -0.4 is 5.32 Å². The van der Waals surface area contributed by atoms with E-state index in [1.165, 1.54) is 0 Å². The number of halogens is 4. The zero-order valence-electron chi connectivity index (χ0n) is 24.6. The minimum Gasteiger partial charge on any atom is -0.432 e. The Kier molecular flexibility index (Phi) is 8.71. The fraction of sp³-hybridized carbons (Fsp3) is 0.219. The lowest BCUT2D eigenvalue weighted by atomic mass is 9.97. The average molecular weight is 664 g/mol. The number of nitrogens with one attached hydrogen (secondary N) is 1. The van der Waals surface area contributed by atoms with Crippen molar-refractivity contribution in [3.63, 3.8) is 0 Å². The van der Waals surface area contributed by atoms with Crippen LogP contribution in [-0.4, -0.2) is 70.1 Å². The monoisotopic (exact) mass is 663 g/mol. The average Bonchev–Trinajstić information content (AvgIpc) is 3.71. The van der Waals surface area contributed by atoms with E-state index in [1.54, 1.807) is 0 Å². The maximum absolute atomic E-state index is 14.1. The molecule has 0 saturated heterocycles. The van der Waals surface area contributed by atoms with Gasteiger partial charge in [-0.25, -0.2) is 27.5 Å². The molecule has 2 heterocycles. The number of amides is 1. The normalized spacial score (nSPS) is 16.1. The van der Waals surface area contributed by atoms with Gasteiger partial charge in [0.15, 0.2) is 23.0 Å². The molecule has 0 radical (unpaired) electrons. The molecular weight excluding hydrogens is 642 g/mol. The first-order chi connectivity index (χ1) is 23.0. The molecule has 2 aromatic carbocycles. The minimum atomic E-state index is -0.860. The van der Waals surface area contributed by atoms with E-state index in [0.29, 0.717) is 0 Å². The van der Waals surface area contributed by atoms with Gasteiger partial charge in [-0.2, -0.15) is 0 Å². The minimum absolute atomic E-state index is 0.0590. The van der Waals surface area contributed by atoms with Gasteiger partial charge < -0.3 is 14.2 Å². The molecule has 0 atom stereocenters. The standard InChI is InChI=1S/C32H21F4N5O7/c33-14-2-4-18(35)16(10-14)31-40-25-22(42)12-20(27(45)29(25)47-31)37-7-1-8-39-24(44)6-9-38-21-13-23(43)26-30(28(21)46)48-32(41-26)17-11-15(34)3-5-19(17)36/h2-5,10-11H,1,6-9,12-13H2,(H,39,44). The molecule has 2 aliphatic rings. The first kappa shape index (κ1) is 32.0. The summed E-state index contributed by atoms with van der Waals surface area (Å²) < 4.78 is 66.1. The number of hydrogen-bond donors (Lipinski definition) is 1. The van der Waals surface area contributed by atoms with Crippen molar-refractivity contribution in [2.24, 2.45) is 9.98 Å². The molecule has 12 nitrogen and oxygen atoms in total. The summed E-state index contributed by atoms with van der Waals surface area (Å²) in [7, 11) is 0. The Balaban J connectivity index is 0.992.